The van der Waals surface area contributed by atoms with Gasteiger partial charge in [-0.3, -0.25) is 0 Å². The average Bonchev–Trinajstić information content (AvgIpc) is 2.89. The van der Waals surface area contributed by atoms with Gasteiger partial charge in [0.2, 0.25) is 0 Å². The molecule has 3 N–H and O–H groups in total. The summed E-state index contributed by atoms with van der Waals surface area (Å²) >= 11 is 6.63. The number of nitrogens with zero attached hydrogens (tertiary/aromatic N) is 2. The van der Waals surface area contributed by atoms with Gasteiger partial charge in [-0.1, -0.05) is 43.6 Å². The summed E-state index contributed by atoms with van der Waals surface area (Å²) in [5.74, 6) is -2.07. The number of carbonyl (C=O) groups is 1. The van der Waals surface area contributed by atoms with Crippen LogP contribution < -0.4 is 15.4 Å². The van der Waals surface area contributed by atoms with Crippen LogP contribution in [0.25, 0.3) is 11.1 Å². The van der Waals surface area contributed by atoms with Crippen LogP contribution in [-0.4, -0.2) is 41.4 Å². The molecule has 0 radical (unpaired) electrons. The van der Waals surface area contributed by atoms with Gasteiger partial charge in [0.25, 0.3) is 0 Å². The third-order valence-corrected chi connectivity index (χ3v) is 7.65. The van der Waals surface area contributed by atoms with Crippen LogP contribution in [0, 0.1) is 17.0 Å². The number of carboxylic acids is 1. The number of halogens is 3. The van der Waals surface area contributed by atoms with Crippen LogP contribution in [0.2, 0.25) is 5.15 Å². The first-order chi connectivity index (χ1) is 19.6. The predicted molar refractivity (Wildman–Crippen MR) is 161 cm³/mol. The number of nitrogen functional groups attached to an aromatic ring is 1. The standard InChI is InChI=1S/C32H38ClF2N3O4/c1-31(2,3)42-27(30(39)40)25-26(38-15-13-32(4,5)14-16-38)24(29(36)37-28(25)33)20-8-11-23(22(35)18-20)41-17-12-19-6-9-21(34)10-7-19/h6-11,18,27H,12-17H2,1-5H3,(H2,36,37)(H,39,40)/t27-/m0/s1. The Morgan fingerprint density at radius 3 is 2.36 bits per heavy atom. The molecule has 0 saturated carbocycles. The summed E-state index contributed by atoms with van der Waals surface area (Å²) in [4.78, 5) is 18.9. The number of aromatic nitrogens is 1. The minimum atomic E-state index is -1.44. The fourth-order valence-corrected chi connectivity index (χ4v) is 5.33. The van der Waals surface area contributed by atoms with Gasteiger partial charge in [0.05, 0.1) is 23.5 Å². The zero-order chi connectivity index (χ0) is 30.8. The van der Waals surface area contributed by atoms with E-state index >= 15 is 4.39 Å². The van der Waals surface area contributed by atoms with Gasteiger partial charge in [0.1, 0.15) is 16.8 Å². The van der Waals surface area contributed by atoms with Crippen molar-refractivity contribution in [3.8, 4) is 16.9 Å². The Balaban J connectivity index is 1.76. The molecule has 1 aromatic heterocycles. The number of nitrogens with two attached hydrogens (primary N) is 1. The highest BCUT2D eigenvalue weighted by Crippen LogP contribution is 2.47. The molecule has 42 heavy (non-hydrogen) atoms. The van der Waals surface area contributed by atoms with Gasteiger partial charge in [-0.2, -0.15) is 0 Å². The first-order valence-electron chi connectivity index (χ1n) is 14.0. The monoisotopic (exact) mass is 601 g/mol. The quantitative estimate of drug-likeness (QED) is 0.246. The maximum absolute atomic E-state index is 15.4. The molecule has 0 aliphatic carbocycles. The minimum Gasteiger partial charge on any atom is -0.490 e. The van der Waals surface area contributed by atoms with E-state index in [4.69, 9.17) is 26.8 Å². The lowest BCUT2D eigenvalue weighted by molar-refractivity contribution is -0.160. The van der Waals surface area contributed by atoms with Crippen LogP contribution in [0.1, 0.15) is 64.7 Å². The number of carboxylic acid groups (broad SMARTS) is 1. The summed E-state index contributed by atoms with van der Waals surface area (Å²) in [7, 11) is 0. The van der Waals surface area contributed by atoms with Crippen molar-refractivity contribution >= 4 is 29.1 Å². The first kappa shape index (κ1) is 31.5. The lowest BCUT2D eigenvalue weighted by Gasteiger charge is -2.41. The maximum atomic E-state index is 15.4. The number of rotatable bonds is 9. The Kier molecular flexibility index (Phi) is 9.33. The second-order valence-electron chi connectivity index (χ2n) is 12.4. The van der Waals surface area contributed by atoms with Gasteiger partial charge >= 0.3 is 5.97 Å². The van der Waals surface area contributed by atoms with Crippen molar-refractivity contribution in [1.29, 1.82) is 0 Å². The largest absolute Gasteiger partial charge is 0.490 e. The van der Waals surface area contributed by atoms with Crippen LogP contribution >= 0.6 is 11.6 Å². The van der Waals surface area contributed by atoms with Crippen LogP contribution in [0.15, 0.2) is 42.5 Å². The first-order valence-corrected chi connectivity index (χ1v) is 14.3. The highest BCUT2D eigenvalue weighted by Gasteiger charge is 2.37. The molecular formula is C32H38ClF2N3O4. The molecule has 0 amide bonds. The predicted octanol–water partition coefficient (Wildman–Crippen LogP) is 7.45. The molecule has 1 aliphatic rings. The zero-order valence-corrected chi connectivity index (χ0v) is 25.4. The van der Waals surface area contributed by atoms with Crippen LogP contribution in [0.3, 0.4) is 0 Å². The highest BCUT2D eigenvalue weighted by atomic mass is 35.5. The number of ether oxygens (including phenoxy) is 2. The Bertz CT molecular complexity index is 1430. The molecule has 2 heterocycles. The summed E-state index contributed by atoms with van der Waals surface area (Å²) in [5.41, 5.74) is 8.04. The normalized spacial score (nSPS) is 15.9. The summed E-state index contributed by atoms with van der Waals surface area (Å²) in [6.45, 7) is 11.1. The molecule has 1 saturated heterocycles. The smallest absolute Gasteiger partial charge is 0.337 e. The van der Waals surface area contributed by atoms with Crippen molar-refractivity contribution in [3.63, 3.8) is 0 Å². The van der Waals surface area contributed by atoms with E-state index in [1.807, 2.05) is 4.90 Å². The number of pyridine rings is 1. The van der Waals surface area contributed by atoms with E-state index in [1.54, 1.807) is 39.0 Å². The van der Waals surface area contributed by atoms with E-state index in [0.717, 1.165) is 18.4 Å². The lowest BCUT2D eigenvalue weighted by Crippen LogP contribution is -2.39. The number of hydrogen-bond acceptors (Lipinski definition) is 6. The summed E-state index contributed by atoms with van der Waals surface area (Å²) < 4.78 is 40.3. The van der Waals surface area contributed by atoms with Crippen molar-refractivity contribution in [1.82, 2.24) is 4.98 Å². The highest BCUT2D eigenvalue weighted by molar-refractivity contribution is 6.31. The van der Waals surface area contributed by atoms with Crippen molar-refractivity contribution in [2.75, 3.05) is 30.3 Å². The fourth-order valence-electron chi connectivity index (χ4n) is 5.05. The molecule has 0 spiro atoms. The lowest BCUT2D eigenvalue weighted by atomic mass is 9.82. The number of hydrogen-bond donors (Lipinski definition) is 2. The van der Waals surface area contributed by atoms with Crippen LogP contribution in [0.4, 0.5) is 20.3 Å². The summed E-state index contributed by atoms with van der Waals surface area (Å²) in [5, 5.41) is 10.2. The van der Waals surface area contributed by atoms with Crippen molar-refractivity contribution < 1.29 is 28.2 Å². The number of piperidine rings is 1. The van der Waals surface area contributed by atoms with Crippen molar-refractivity contribution in [2.24, 2.45) is 5.41 Å². The Labute approximate surface area is 250 Å². The average molecular weight is 602 g/mol. The second-order valence-corrected chi connectivity index (χ2v) is 12.8. The molecule has 7 nitrogen and oxygen atoms in total. The topological polar surface area (TPSA) is 97.9 Å². The fraction of sp³-hybridized carbons (Fsp3) is 0.438. The van der Waals surface area contributed by atoms with Gasteiger partial charge in [0.15, 0.2) is 17.7 Å². The summed E-state index contributed by atoms with van der Waals surface area (Å²) in [6.07, 6.45) is 0.726. The third-order valence-electron chi connectivity index (χ3n) is 7.36. The molecular weight excluding hydrogens is 564 g/mol. The van der Waals surface area contributed by atoms with E-state index < -0.39 is 23.5 Å². The van der Waals surface area contributed by atoms with E-state index in [2.05, 4.69) is 18.8 Å². The third kappa shape index (κ3) is 7.50. The van der Waals surface area contributed by atoms with Crippen molar-refractivity contribution in [3.05, 3.63) is 70.4 Å². The van der Waals surface area contributed by atoms with E-state index in [0.29, 0.717) is 36.3 Å². The molecule has 2 aromatic carbocycles. The van der Waals surface area contributed by atoms with E-state index in [9.17, 15) is 14.3 Å². The molecule has 1 aliphatic heterocycles. The Morgan fingerprint density at radius 2 is 1.79 bits per heavy atom. The molecule has 1 atom stereocenters. The SMILES string of the molecule is CC1(C)CCN(c2c(-c3ccc(OCCc4ccc(F)cc4)c(F)c3)c(N)nc(Cl)c2[C@H](OC(C)(C)C)C(=O)O)CC1. The zero-order valence-electron chi connectivity index (χ0n) is 24.6. The van der Waals surface area contributed by atoms with Gasteiger partial charge < -0.3 is 25.2 Å². The molecule has 3 aromatic rings. The van der Waals surface area contributed by atoms with Gasteiger partial charge in [-0.05, 0) is 74.4 Å². The Morgan fingerprint density at radius 1 is 1.14 bits per heavy atom. The Hall–Kier alpha value is -3.43. The van der Waals surface area contributed by atoms with Crippen LogP contribution in [0.5, 0.6) is 5.75 Å². The maximum Gasteiger partial charge on any atom is 0.337 e. The van der Waals surface area contributed by atoms with Gasteiger partial charge in [-0.15, -0.1) is 0 Å². The van der Waals surface area contributed by atoms with E-state index in [1.165, 1.54) is 24.3 Å². The number of benzene rings is 2. The van der Waals surface area contributed by atoms with Gasteiger partial charge in [0, 0.05) is 25.1 Å². The molecule has 1 fully saturated rings. The summed E-state index contributed by atoms with van der Waals surface area (Å²) in [6, 6.07) is 10.5. The second kappa shape index (κ2) is 12.4. The minimum absolute atomic E-state index is 0.0438. The van der Waals surface area contributed by atoms with Gasteiger partial charge in [-0.25, -0.2) is 18.6 Å². The van der Waals surface area contributed by atoms with Crippen LogP contribution in [-0.2, 0) is 16.0 Å². The molecule has 4 rings (SSSR count). The molecule has 0 unspecified atom stereocenters. The van der Waals surface area contributed by atoms with E-state index in [-0.39, 0.29) is 40.1 Å². The molecule has 226 valence electrons. The number of aliphatic carboxylic acids is 1. The molecule has 0 bridgehead atoms. The number of anilines is 2. The molecule has 10 heteroatoms. The van der Waals surface area contributed by atoms with Crippen molar-refractivity contribution in [2.45, 2.75) is 65.6 Å².